The molecule has 0 saturated carbocycles. The van der Waals surface area contributed by atoms with E-state index in [0.717, 1.165) is 19.4 Å². The fourth-order valence-corrected chi connectivity index (χ4v) is 1.72. The summed E-state index contributed by atoms with van der Waals surface area (Å²) < 4.78 is 5.42. The van der Waals surface area contributed by atoms with E-state index in [9.17, 15) is 4.79 Å². The Morgan fingerprint density at radius 2 is 2.56 bits per heavy atom. The van der Waals surface area contributed by atoms with Gasteiger partial charge in [0.05, 0.1) is 17.4 Å². The van der Waals surface area contributed by atoms with Gasteiger partial charge in [-0.3, -0.25) is 4.79 Å². The first kappa shape index (κ1) is 11.0. The first-order valence-electron chi connectivity index (χ1n) is 5.44. The van der Waals surface area contributed by atoms with E-state index in [1.807, 2.05) is 0 Å². The standard InChI is InChI=1S/C11H15N3O2/c1-8-10(6-12-7-14-8)11(15)13-5-9-3-2-4-16-9/h6-7,9H,2-5H2,1H3,(H,13,15). The van der Waals surface area contributed by atoms with Crippen LogP contribution in [-0.2, 0) is 4.74 Å². The van der Waals surface area contributed by atoms with Gasteiger partial charge in [-0.2, -0.15) is 0 Å². The number of hydrogen-bond donors (Lipinski definition) is 1. The molecule has 0 aliphatic carbocycles. The molecule has 1 aliphatic heterocycles. The second-order valence-corrected chi connectivity index (χ2v) is 3.87. The predicted octanol–water partition coefficient (Wildman–Crippen LogP) is 0.694. The van der Waals surface area contributed by atoms with Gasteiger partial charge in [0.1, 0.15) is 6.33 Å². The van der Waals surface area contributed by atoms with Gasteiger partial charge in [0.25, 0.3) is 5.91 Å². The van der Waals surface area contributed by atoms with E-state index in [1.54, 1.807) is 6.92 Å². The molecule has 0 radical (unpaired) electrons. The first-order chi connectivity index (χ1) is 7.77. The van der Waals surface area contributed by atoms with E-state index in [-0.39, 0.29) is 12.0 Å². The minimum absolute atomic E-state index is 0.131. The summed E-state index contributed by atoms with van der Waals surface area (Å²) in [6, 6.07) is 0. The lowest BCUT2D eigenvalue weighted by Gasteiger charge is -2.11. The van der Waals surface area contributed by atoms with Gasteiger partial charge in [0, 0.05) is 19.3 Å². The summed E-state index contributed by atoms with van der Waals surface area (Å²) in [5.41, 5.74) is 1.22. The van der Waals surface area contributed by atoms with Crippen molar-refractivity contribution >= 4 is 5.91 Å². The quantitative estimate of drug-likeness (QED) is 0.815. The smallest absolute Gasteiger partial charge is 0.254 e. The SMILES string of the molecule is Cc1ncncc1C(=O)NCC1CCCO1. The number of amides is 1. The zero-order valence-corrected chi connectivity index (χ0v) is 9.27. The highest BCUT2D eigenvalue weighted by atomic mass is 16.5. The summed E-state index contributed by atoms with van der Waals surface area (Å²) >= 11 is 0. The molecule has 1 aromatic rings. The van der Waals surface area contributed by atoms with Gasteiger partial charge in [0.2, 0.25) is 0 Å². The minimum Gasteiger partial charge on any atom is -0.376 e. The zero-order chi connectivity index (χ0) is 11.4. The second kappa shape index (κ2) is 5.03. The van der Waals surface area contributed by atoms with E-state index in [2.05, 4.69) is 15.3 Å². The van der Waals surface area contributed by atoms with Crippen LogP contribution in [0.1, 0.15) is 28.9 Å². The van der Waals surface area contributed by atoms with Crippen molar-refractivity contribution in [2.24, 2.45) is 0 Å². The number of carbonyl (C=O) groups is 1. The summed E-state index contributed by atoms with van der Waals surface area (Å²) in [5.74, 6) is -0.131. The highest BCUT2D eigenvalue weighted by Gasteiger charge is 2.17. The van der Waals surface area contributed by atoms with Gasteiger partial charge < -0.3 is 10.1 Å². The van der Waals surface area contributed by atoms with Crippen LogP contribution in [0.5, 0.6) is 0 Å². The molecule has 1 aliphatic rings. The average molecular weight is 221 g/mol. The lowest BCUT2D eigenvalue weighted by atomic mass is 10.2. The number of aryl methyl sites for hydroxylation is 1. The maximum absolute atomic E-state index is 11.8. The van der Waals surface area contributed by atoms with Gasteiger partial charge in [-0.1, -0.05) is 0 Å². The lowest BCUT2D eigenvalue weighted by molar-refractivity contribution is 0.0856. The maximum Gasteiger partial charge on any atom is 0.254 e. The molecule has 16 heavy (non-hydrogen) atoms. The van der Waals surface area contributed by atoms with E-state index in [4.69, 9.17) is 4.74 Å². The number of hydrogen-bond acceptors (Lipinski definition) is 4. The Labute approximate surface area is 94.2 Å². The molecule has 0 spiro atoms. The van der Waals surface area contributed by atoms with E-state index in [1.165, 1.54) is 12.5 Å². The summed E-state index contributed by atoms with van der Waals surface area (Å²) in [5, 5.41) is 2.84. The van der Waals surface area contributed by atoms with Gasteiger partial charge in [-0.15, -0.1) is 0 Å². The van der Waals surface area contributed by atoms with Gasteiger partial charge in [-0.05, 0) is 19.8 Å². The lowest BCUT2D eigenvalue weighted by Crippen LogP contribution is -2.32. The minimum atomic E-state index is -0.131. The van der Waals surface area contributed by atoms with Crippen molar-refractivity contribution in [3.8, 4) is 0 Å². The monoisotopic (exact) mass is 221 g/mol. The van der Waals surface area contributed by atoms with Crippen molar-refractivity contribution in [3.05, 3.63) is 23.8 Å². The summed E-state index contributed by atoms with van der Waals surface area (Å²) in [6.07, 6.45) is 5.23. The molecule has 5 nitrogen and oxygen atoms in total. The Bertz CT molecular complexity index is 375. The molecule has 1 unspecified atom stereocenters. The Balaban J connectivity index is 1.90. The third-order valence-corrected chi connectivity index (χ3v) is 2.67. The van der Waals surface area contributed by atoms with Gasteiger partial charge >= 0.3 is 0 Å². The molecule has 1 amide bonds. The molecule has 1 saturated heterocycles. The normalized spacial score (nSPS) is 19.7. The van der Waals surface area contributed by atoms with E-state index >= 15 is 0 Å². The molecular weight excluding hydrogens is 206 g/mol. The van der Waals surface area contributed by atoms with Crippen molar-refractivity contribution in [2.45, 2.75) is 25.9 Å². The molecule has 5 heteroatoms. The number of nitrogens with zero attached hydrogens (tertiary/aromatic N) is 2. The maximum atomic E-state index is 11.8. The van der Waals surface area contributed by atoms with Crippen LogP contribution in [-0.4, -0.2) is 35.1 Å². The van der Waals surface area contributed by atoms with Crippen molar-refractivity contribution in [1.82, 2.24) is 15.3 Å². The van der Waals surface area contributed by atoms with Crippen LogP contribution in [0.3, 0.4) is 0 Å². The molecule has 0 bridgehead atoms. The third kappa shape index (κ3) is 2.55. The number of aromatic nitrogens is 2. The molecule has 1 atom stereocenters. The van der Waals surface area contributed by atoms with E-state index in [0.29, 0.717) is 17.8 Å². The largest absolute Gasteiger partial charge is 0.376 e. The fourth-order valence-electron chi connectivity index (χ4n) is 1.72. The van der Waals surface area contributed by atoms with Crippen LogP contribution in [0.2, 0.25) is 0 Å². The molecule has 2 rings (SSSR count). The molecule has 1 N–H and O–H groups in total. The second-order valence-electron chi connectivity index (χ2n) is 3.87. The van der Waals surface area contributed by atoms with E-state index < -0.39 is 0 Å². The third-order valence-electron chi connectivity index (χ3n) is 2.67. The number of ether oxygens (including phenoxy) is 1. The number of carbonyl (C=O) groups excluding carboxylic acids is 1. The Kier molecular flexibility index (Phi) is 3.46. The zero-order valence-electron chi connectivity index (χ0n) is 9.27. The van der Waals surface area contributed by atoms with Crippen molar-refractivity contribution in [2.75, 3.05) is 13.2 Å². The number of nitrogens with one attached hydrogen (secondary N) is 1. The van der Waals surface area contributed by atoms with Crippen LogP contribution in [0.15, 0.2) is 12.5 Å². The summed E-state index contributed by atoms with van der Waals surface area (Å²) in [7, 11) is 0. The average Bonchev–Trinajstić information content (AvgIpc) is 2.79. The van der Waals surface area contributed by atoms with Crippen LogP contribution in [0, 0.1) is 6.92 Å². The molecule has 1 fully saturated rings. The molecule has 2 heterocycles. The molecule has 86 valence electrons. The molecule has 1 aromatic heterocycles. The van der Waals surface area contributed by atoms with Gasteiger partial charge in [-0.25, -0.2) is 9.97 Å². The summed E-state index contributed by atoms with van der Waals surface area (Å²) in [6.45, 7) is 3.16. The highest BCUT2D eigenvalue weighted by molar-refractivity contribution is 5.94. The first-order valence-corrected chi connectivity index (χ1v) is 5.44. The van der Waals surface area contributed by atoms with Crippen molar-refractivity contribution in [3.63, 3.8) is 0 Å². The molecule has 0 aromatic carbocycles. The van der Waals surface area contributed by atoms with Gasteiger partial charge in [0.15, 0.2) is 0 Å². The Morgan fingerprint density at radius 3 is 3.25 bits per heavy atom. The van der Waals surface area contributed by atoms with Crippen molar-refractivity contribution < 1.29 is 9.53 Å². The molecular formula is C11H15N3O2. The summed E-state index contributed by atoms with van der Waals surface area (Å²) in [4.78, 5) is 19.6. The Hall–Kier alpha value is -1.49. The Morgan fingerprint density at radius 1 is 1.69 bits per heavy atom. The van der Waals surface area contributed by atoms with Crippen LogP contribution in [0.25, 0.3) is 0 Å². The predicted molar refractivity (Wildman–Crippen MR) is 58.1 cm³/mol. The topological polar surface area (TPSA) is 64.1 Å². The van der Waals surface area contributed by atoms with Crippen LogP contribution >= 0.6 is 0 Å². The van der Waals surface area contributed by atoms with Crippen LogP contribution in [0.4, 0.5) is 0 Å². The fraction of sp³-hybridized carbons (Fsp3) is 0.545. The van der Waals surface area contributed by atoms with Crippen molar-refractivity contribution in [1.29, 1.82) is 0 Å². The number of rotatable bonds is 3. The highest BCUT2D eigenvalue weighted by Crippen LogP contribution is 2.11. The van der Waals surface area contributed by atoms with Crippen LogP contribution < -0.4 is 5.32 Å².